The van der Waals surface area contributed by atoms with Crippen molar-refractivity contribution in [3.8, 4) is 23.1 Å². The van der Waals surface area contributed by atoms with E-state index >= 15 is 0 Å². The van der Waals surface area contributed by atoms with E-state index in [0.717, 1.165) is 17.1 Å². The van der Waals surface area contributed by atoms with Crippen LogP contribution >= 0.6 is 0 Å². The van der Waals surface area contributed by atoms with E-state index in [1.165, 1.54) is 0 Å². The van der Waals surface area contributed by atoms with Gasteiger partial charge in [0, 0.05) is 29.7 Å². The van der Waals surface area contributed by atoms with Crippen molar-refractivity contribution in [2.45, 2.75) is 13.8 Å². The molecule has 2 aromatic carbocycles. The first-order valence-corrected chi connectivity index (χ1v) is 9.82. The van der Waals surface area contributed by atoms with Crippen LogP contribution in [0.15, 0.2) is 79.0 Å². The normalized spacial score (nSPS) is 10.5. The maximum Gasteiger partial charge on any atom is 0.262 e. The average molecular weight is 414 g/mol. The van der Waals surface area contributed by atoms with Gasteiger partial charge in [-0.25, -0.2) is 9.67 Å². The Labute approximate surface area is 180 Å². The molecule has 0 radical (unpaired) electrons. The number of carbonyl (C=O) groups is 1. The lowest BCUT2D eigenvalue weighted by molar-refractivity contribution is -0.118. The van der Waals surface area contributed by atoms with Crippen LogP contribution in [0.1, 0.15) is 11.4 Å². The Kier molecular flexibility index (Phi) is 5.93. The predicted octanol–water partition coefficient (Wildman–Crippen LogP) is 4.69. The molecular weight excluding hydrogens is 392 g/mol. The van der Waals surface area contributed by atoms with Crippen molar-refractivity contribution in [3.63, 3.8) is 0 Å². The number of pyridine rings is 1. The summed E-state index contributed by atoms with van der Waals surface area (Å²) in [6.07, 6.45) is 1.66. The Morgan fingerprint density at radius 1 is 0.968 bits per heavy atom. The van der Waals surface area contributed by atoms with Crippen molar-refractivity contribution in [3.05, 3.63) is 90.4 Å². The average Bonchev–Trinajstić information content (AvgIpc) is 3.11. The zero-order valence-electron chi connectivity index (χ0n) is 17.3. The third-order valence-corrected chi connectivity index (χ3v) is 4.42. The lowest BCUT2D eigenvalue weighted by atomic mass is 10.2. The van der Waals surface area contributed by atoms with Gasteiger partial charge in [-0.15, -0.1) is 0 Å². The van der Waals surface area contributed by atoms with Crippen molar-refractivity contribution >= 4 is 11.6 Å². The van der Waals surface area contributed by atoms with Crippen LogP contribution in [0, 0.1) is 13.8 Å². The number of anilines is 1. The number of nitrogens with one attached hydrogen (secondary N) is 1. The number of nitrogens with zero attached hydrogens (tertiary/aromatic N) is 3. The summed E-state index contributed by atoms with van der Waals surface area (Å²) in [7, 11) is 0. The lowest BCUT2D eigenvalue weighted by Gasteiger charge is -2.11. The Balaban J connectivity index is 1.36. The molecule has 4 aromatic rings. The predicted molar refractivity (Wildman–Crippen MR) is 118 cm³/mol. The number of amides is 1. The fraction of sp³-hybridized carbons (Fsp3) is 0.125. The summed E-state index contributed by atoms with van der Waals surface area (Å²) in [5, 5.41) is 7.33. The fourth-order valence-corrected chi connectivity index (χ4v) is 3.11. The molecule has 0 aliphatic carbocycles. The van der Waals surface area contributed by atoms with Crippen molar-refractivity contribution in [1.29, 1.82) is 0 Å². The molecule has 156 valence electrons. The minimum Gasteiger partial charge on any atom is -0.484 e. The molecule has 2 heterocycles. The summed E-state index contributed by atoms with van der Waals surface area (Å²) in [5.41, 5.74) is 3.52. The Hall–Kier alpha value is -4.13. The number of hydrogen-bond acceptors (Lipinski definition) is 5. The number of aromatic nitrogens is 3. The van der Waals surface area contributed by atoms with E-state index in [2.05, 4.69) is 15.4 Å². The highest BCUT2D eigenvalue weighted by molar-refractivity contribution is 5.92. The molecule has 0 saturated carbocycles. The van der Waals surface area contributed by atoms with E-state index in [9.17, 15) is 4.79 Å². The van der Waals surface area contributed by atoms with Crippen LogP contribution in [0.2, 0.25) is 0 Å². The summed E-state index contributed by atoms with van der Waals surface area (Å²) in [4.78, 5) is 16.5. The molecule has 1 amide bonds. The zero-order valence-corrected chi connectivity index (χ0v) is 17.3. The van der Waals surface area contributed by atoms with Gasteiger partial charge in [-0.3, -0.25) is 4.79 Å². The molecule has 31 heavy (non-hydrogen) atoms. The van der Waals surface area contributed by atoms with Crippen LogP contribution in [0.4, 0.5) is 5.69 Å². The molecule has 0 atom stereocenters. The van der Waals surface area contributed by atoms with Gasteiger partial charge >= 0.3 is 0 Å². The van der Waals surface area contributed by atoms with Crippen LogP contribution in [-0.2, 0) is 4.79 Å². The molecule has 0 spiro atoms. The maximum atomic E-state index is 12.4. The molecule has 0 unspecified atom stereocenters. The standard InChI is InChI=1S/C24H22N4O3/c1-17-13-18(2)28(27-17)20-8-5-7-19(14-20)26-23(29)16-30-21-9-6-10-22(15-21)31-24-11-3-4-12-25-24/h3-15H,16H2,1-2H3,(H,26,29). The SMILES string of the molecule is Cc1cc(C)n(-c2cccc(NC(=O)COc3cccc(Oc4ccccn4)c3)c2)n1. The molecular formula is C24H22N4O3. The van der Waals surface area contributed by atoms with Gasteiger partial charge in [-0.05, 0) is 56.3 Å². The van der Waals surface area contributed by atoms with E-state index in [1.54, 1.807) is 36.5 Å². The van der Waals surface area contributed by atoms with Gasteiger partial charge in [-0.1, -0.05) is 18.2 Å². The molecule has 0 bridgehead atoms. The summed E-state index contributed by atoms with van der Waals surface area (Å²) in [6.45, 7) is 3.81. The van der Waals surface area contributed by atoms with E-state index in [4.69, 9.17) is 9.47 Å². The monoisotopic (exact) mass is 414 g/mol. The molecule has 4 rings (SSSR count). The van der Waals surface area contributed by atoms with Gasteiger partial charge in [0.05, 0.1) is 11.4 Å². The molecule has 0 aliphatic heterocycles. The van der Waals surface area contributed by atoms with Crippen molar-refractivity contribution in [2.24, 2.45) is 0 Å². The van der Waals surface area contributed by atoms with Gasteiger partial charge in [0.25, 0.3) is 5.91 Å². The van der Waals surface area contributed by atoms with Gasteiger partial charge < -0.3 is 14.8 Å². The smallest absolute Gasteiger partial charge is 0.262 e. The summed E-state index contributed by atoms with van der Waals surface area (Å²) >= 11 is 0. The molecule has 2 aromatic heterocycles. The highest BCUT2D eigenvalue weighted by Gasteiger charge is 2.08. The van der Waals surface area contributed by atoms with Crippen LogP contribution in [-0.4, -0.2) is 27.3 Å². The second-order valence-corrected chi connectivity index (χ2v) is 6.97. The number of aryl methyl sites for hydroxylation is 2. The Morgan fingerprint density at radius 2 is 1.81 bits per heavy atom. The molecule has 7 heteroatoms. The minimum absolute atomic E-state index is 0.128. The van der Waals surface area contributed by atoms with Crippen LogP contribution in [0.5, 0.6) is 17.4 Å². The van der Waals surface area contributed by atoms with Crippen LogP contribution in [0.3, 0.4) is 0 Å². The molecule has 0 aliphatic rings. The van der Waals surface area contributed by atoms with E-state index in [0.29, 0.717) is 23.1 Å². The quantitative estimate of drug-likeness (QED) is 0.474. The number of benzene rings is 2. The zero-order chi connectivity index (χ0) is 21.6. The highest BCUT2D eigenvalue weighted by atomic mass is 16.5. The summed E-state index contributed by atoms with van der Waals surface area (Å²) in [6, 6.07) is 22.0. The summed E-state index contributed by atoms with van der Waals surface area (Å²) in [5.74, 6) is 1.33. The van der Waals surface area contributed by atoms with E-state index in [-0.39, 0.29) is 12.5 Å². The topological polar surface area (TPSA) is 78.3 Å². The molecule has 7 nitrogen and oxygen atoms in total. The van der Waals surface area contributed by atoms with Crippen molar-refractivity contribution in [2.75, 3.05) is 11.9 Å². The molecule has 0 fully saturated rings. The van der Waals surface area contributed by atoms with Crippen molar-refractivity contribution < 1.29 is 14.3 Å². The second-order valence-electron chi connectivity index (χ2n) is 6.97. The Morgan fingerprint density at radius 3 is 2.58 bits per heavy atom. The first kappa shape index (κ1) is 20.2. The maximum absolute atomic E-state index is 12.4. The first-order chi connectivity index (χ1) is 15.1. The highest BCUT2D eigenvalue weighted by Crippen LogP contribution is 2.24. The molecule has 1 N–H and O–H groups in total. The number of ether oxygens (including phenoxy) is 2. The van der Waals surface area contributed by atoms with E-state index < -0.39 is 0 Å². The Bertz CT molecular complexity index is 1190. The van der Waals surface area contributed by atoms with Crippen LogP contribution < -0.4 is 14.8 Å². The largest absolute Gasteiger partial charge is 0.484 e. The third kappa shape index (κ3) is 5.27. The second kappa shape index (κ2) is 9.13. The first-order valence-electron chi connectivity index (χ1n) is 9.82. The molecule has 0 saturated heterocycles. The van der Waals surface area contributed by atoms with E-state index in [1.807, 2.05) is 61.0 Å². The van der Waals surface area contributed by atoms with Gasteiger partial charge in [-0.2, -0.15) is 5.10 Å². The van der Waals surface area contributed by atoms with Crippen molar-refractivity contribution in [1.82, 2.24) is 14.8 Å². The summed E-state index contributed by atoms with van der Waals surface area (Å²) < 4.78 is 13.2. The lowest BCUT2D eigenvalue weighted by Crippen LogP contribution is -2.20. The van der Waals surface area contributed by atoms with Crippen LogP contribution in [0.25, 0.3) is 5.69 Å². The number of hydrogen-bond donors (Lipinski definition) is 1. The fourth-order valence-electron chi connectivity index (χ4n) is 3.11. The third-order valence-electron chi connectivity index (χ3n) is 4.42. The van der Waals surface area contributed by atoms with Gasteiger partial charge in [0.2, 0.25) is 5.88 Å². The minimum atomic E-state index is -0.262. The van der Waals surface area contributed by atoms with Gasteiger partial charge in [0.1, 0.15) is 11.5 Å². The van der Waals surface area contributed by atoms with Gasteiger partial charge in [0.15, 0.2) is 6.61 Å². The number of carbonyl (C=O) groups excluding carboxylic acids is 1. The number of rotatable bonds is 7.